The van der Waals surface area contributed by atoms with Gasteiger partial charge in [-0.3, -0.25) is 13.9 Å². The standard InChI is InChI=1S/C37H49F3N5O7P/c1-2-3-4-5-6-7-8-9-10-11-12-13-14-15-16-17-18-19-33(46)42-25-26-43-53(49,52-30-22-20-29(38)21-23-30)50-28-31-34(47)37(39,40)35(51-31)45-27-24-32(41)44-36(45)48/h3-4,6-7,9-10,12-13,15-16,20-24,27,31,34-35,47H,2,5,8,11,14,17-19,25-26,28H2,1H3,(H,42,46)(H,43,49)(H2,41,44,48). The monoisotopic (exact) mass is 763 g/mol. The molecule has 0 bridgehead atoms. The largest absolute Gasteiger partial charge is 0.458 e. The van der Waals surface area contributed by atoms with Crippen molar-refractivity contribution in [2.24, 2.45) is 0 Å². The summed E-state index contributed by atoms with van der Waals surface area (Å²) in [5, 5.41) is 15.6. The molecule has 1 aromatic heterocycles. The topological polar surface area (TPSA) is 167 Å². The van der Waals surface area contributed by atoms with E-state index in [1.807, 2.05) is 12.2 Å². The van der Waals surface area contributed by atoms with E-state index in [9.17, 15) is 32.4 Å². The van der Waals surface area contributed by atoms with Crippen molar-refractivity contribution in [3.05, 3.63) is 114 Å². The van der Waals surface area contributed by atoms with Crippen LogP contribution >= 0.6 is 7.75 Å². The van der Waals surface area contributed by atoms with E-state index < -0.39 is 50.2 Å². The van der Waals surface area contributed by atoms with E-state index in [0.29, 0.717) is 17.4 Å². The van der Waals surface area contributed by atoms with E-state index in [-0.39, 0.29) is 37.0 Å². The molecular formula is C37H49F3N5O7P. The molecule has 2 aromatic rings. The van der Waals surface area contributed by atoms with Crippen molar-refractivity contribution in [1.29, 1.82) is 0 Å². The number of hydrogen-bond acceptors (Lipinski definition) is 9. The smallest absolute Gasteiger partial charge is 0.413 e. The molecule has 3 rings (SSSR count). The second-order valence-corrected chi connectivity index (χ2v) is 13.6. The Hall–Kier alpha value is -4.27. The van der Waals surface area contributed by atoms with Crippen LogP contribution in [0.5, 0.6) is 5.75 Å². The molecule has 1 saturated heterocycles. The van der Waals surface area contributed by atoms with Crippen molar-refractivity contribution in [2.45, 2.75) is 82.6 Å². The minimum absolute atomic E-state index is 0.0103. The first-order valence-electron chi connectivity index (χ1n) is 17.5. The van der Waals surface area contributed by atoms with Gasteiger partial charge >= 0.3 is 19.4 Å². The number of benzene rings is 1. The minimum atomic E-state index is -4.38. The van der Waals surface area contributed by atoms with Gasteiger partial charge in [-0.25, -0.2) is 18.8 Å². The molecular weight excluding hydrogens is 714 g/mol. The second-order valence-electron chi connectivity index (χ2n) is 11.9. The molecule has 1 aromatic carbocycles. The van der Waals surface area contributed by atoms with Crippen molar-refractivity contribution in [1.82, 2.24) is 20.0 Å². The second kappa shape index (κ2) is 22.7. The number of nitrogen functional groups attached to an aromatic ring is 1. The van der Waals surface area contributed by atoms with Crippen molar-refractivity contribution in [3.63, 3.8) is 0 Å². The SMILES string of the molecule is CCC=CCC=CCC=CCC=CCC=CCCCC(=O)NCCNP(=O)(OCC1OC(n2ccc(N)nc2=O)C(F)(F)C1O)Oc1ccc(F)cc1. The van der Waals surface area contributed by atoms with Gasteiger partial charge in [-0.05, 0) is 75.3 Å². The van der Waals surface area contributed by atoms with Crippen LogP contribution in [0.4, 0.5) is 19.0 Å². The average Bonchev–Trinajstić information content (AvgIpc) is 3.35. The lowest BCUT2D eigenvalue weighted by atomic mass is 10.1. The Bertz CT molecular complexity index is 1680. The maximum absolute atomic E-state index is 15.0. The van der Waals surface area contributed by atoms with E-state index in [2.05, 4.69) is 70.9 Å². The minimum Gasteiger partial charge on any atom is -0.413 e. The predicted molar refractivity (Wildman–Crippen MR) is 198 cm³/mol. The van der Waals surface area contributed by atoms with Gasteiger partial charge in [0, 0.05) is 25.7 Å². The van der Waals surface area contributed by atoms with Crippen LogP contribution in [0, 0.1) is 5.82 Å². The van der Waals surface area contributed by atoms with Crippen LogP contribution in [0.3, 0.4) is 0 Å². The van der Waals surface area contributed by atoms with Gasteiger partial charge in [-0.2, -0.15) is 13.8 Å². The van der Waals surface area contributed by atoms with E-state index >= 15 is 0 Å². The quantitative estimate of drug-likeness (QED) is 0.0544. The number of unbranched alkanes of at least 4 members (excludes halogenated alkanes) is 1. The maximum atomic E-state index is 15.0. The fraction of sp³-hybridized carbons (Fsp3) is 0.432. The number of hydrogen-bond donors (Lipinski definition) is 4. The zero-order chi connectivity index (χ0) is 38.5. The number of carbonyl (C=O) groups is 1. The first kappa shape index (κ1) is 43.1. The normalized spacial score (nSPS) is 20.0. The Morgan fingerprint density at radius 3 is 2.21 bits per heavy atom. The number of anilines is 1. The number of aromatic nitrogens is 2. The Kier molecular flexibility index (Phi) is 18.5. The van der Waals surface area contributed by atoms with Crippen molar-refractivity contribution in [2.75, 3.05) is 25.4 Å². The van der Waals surface area contributed by atoms with E-state index in [4.69, 9.17) is 19.5 Å². The van der Waals surface area contributed by atoms with Gasteiger partial charge < -0.3 is 25.4 Å². The summed E-state index contributed by atoms with van der Waals surface area (Å²) in [6.45, 7) is 1.14. The molecule has 0 aliphatic carbocycles. The fourth-order valence-corrected chi connectivity index (χ4v) is 6.19. The zero-order valence-corrected chi connectivity index (χ0v) is 30.6. The molecule has 53 heavy (non-hydrogen) atoms. The molecule has 0 saturated carbocycles. The summed E-state index contributed by atoms with van der Waals surface area (Å²) in [6, 6.07) is 5.56. The predicted octanol–water partition coefficient (Wildman–Crippen LogP) is 6.69. The summed E-state index contributed by atoms with van der Waals surface area (Å²) in [6.07, 6.45) is 21.8. The van der Waals surface area contributed by atoms with Crippen molar-refractivity contribution >= 4 is 19.5 Å². The summed E-state index contributed by atoms with van der Waals surface area (Å²) >= 11 is 0. The van der Waals surface area contributed by atoms with Crippen LogP contribution < -0.4 is 26.4 Å². The molecule has 0 spiro atoms. The van der Waals surface area contributed by atoms with Crippen LogP contribution in [-0.4, -0.2) is 58.4 Å². The van der Waals surface area contributed by atoms with Crippen molar-refractivity contribution < 1.29 is 41.4 Å². The summed E-state index contributed by atoms with van der Waals surface area (Å²) in [5.41, 5.74) is 4.30. The lowest BCUT2D eigenvalue weighted by Gasteiger charge is -2.22. The highest BCUT2D eigenvalue weighted by Gasteiger charge is 2.60. The summed E-state index contributed by atoms with van der Waals surface area (Å²) in [7, 11) is -4.38. The molecule has 1 amide bonds. The number of aliphatic hydroxyl groups excluding tert-OH is 1. The highest BCUT2D eigenvalue weighted by atomic mass is 31.2. The number of rotatable bonds is 23. The molecule has 16 heteroatoms. The Morgan fingerprint density at radius 2 is 1.60 bits per heavy atom. The van der Waals surface area contributed by atoms with Crippen LogP contribution in [0.2, 0.25) is 0 Å². The number of alkyl halides is 2. The van der Waals surface area contributed by atoms with Crippen LogP contribution in [-0.2, 0) is 18.6 Å². The Morgan fingerprint density at radius 1 is 1.00 bits per heavy atom. The number of allylic oxidation sites excluding steroid dienone is 10. The van der Waals surface area contributed by atoms with E-state index in [1.165, 1.54) is 12.1 Å². The van der Waals surface area contributed by atoms with Gasteiger partial charge in [0.2, 0.25) is 12.1 Å². The Balaban J connectivity index is 1.40. The first-order chi connectivity index (χ1) is 25.4. The molecule has 2 heterocycles. The highest BCUT2D eigenvalue weighted by Crippen LogP contribution is 2.47. The average molecular weight is 764 g/mol. The summed E-state index contributed by atoms with van der Waals surface area (Å²) in [5.74, 6) is -5.07. The number of amides is 1. The number of halogens is 3. The number of aliphatic hydroxyl groups is 1. The third kappa shape index (κ3) is 15.3. The van der Waals surface area contributed by atoms with Crippen LogP contribution in [0.25, 0.3) is 0 Å². The van der Waals surface area contributed by atoms with Gasteiger partial charge in [-0.1, -0.05) is 67.7 Å². The Labute approximate surface area is 307 Å². The number of carbonyl (C=O) groups excluding carboxylic acids is 1. The van der Waals surface area contributed by atoms with Gasteiger partial charge in [0.15, 0.2) is 6.10 Å². The molecule has 5 N–H and O–H groups in total. The zero-order valence-electron chi connectivity index (χ0n) is 29.7. The van der Waals surface area contributed by atoms with Crippen LogP contribution in [0.1, 0.15) is 64.5 Å². The number of nitrogens with one attached hydrogen (secondary N) is 2. The van der Waals surface area contributed by atoms with E-state index in [1.54, 1.807) is 0 Å². The van der Waals surface area contributed by atoms with Gasteiger partial charge in [0.25, 0.3) is 0 Å². The summed E-state index contributed by atoms with van der Waals surface area (Å²) < 4.78 is 73.6. The lowest BCUT2D eigenvalue weighted by Crippen LogP contribution is -2.42. The molecule has 0 radical (unpaired) electrons. The first-order valence-corrected chi connectivity index (χ1v) is 19.0. The molecule has 4 atom stereocenters. The molecule has 1 fully saturated rings. The number of nitrogens with two attached hydrogens (primary N) is 1. The number of nitrogens with zero attached hydrogens (tertiary/aromatic N) is 2. The number of ether oxygens (including phenoxy) is 1. The molecule has 12 nitrogen and oxygen atoms in total. The van der Waals surface area contributed by atoms with Crippen LogP contribution in [0.15, 0.2) is 102 Å². The fourth-order valence-electron chi connectivity index (χ4n) is 4.85. The van der Waals surface area contributed by atoms with Gasteiger partial charge in [-0.15, -0.1) is 0 Å². The lowest BCUT2D eigenvalue weighted by molar-refractivity contribution is -0.140. The molecule has 1 aliphatic heterocycles. The third-order valence-corrected chi connectivity index (χ3v) is 9.17. The van der Waals surface area contributed by atoms with Crippen molar-refractivity contribution in [3.8, 4) is 5.75 Å². The third-order valence-electron chi connectivity index (χ3n) is 7.62. The summed E-state index contributed by atoms with van der Waals surface area (Å²) in [4.78, 5) is 27.9. The maximum Gasteiger partial charge on any atom is 0.458 e. The van der Waals surface area contributed by atoms with Gasteiger partial charge in [0.05, 0.1) is 6.61 Å². The molecule has 4 unspecified atom stereocenters. The molecule has 1 aliphatic rings. The van der Waals surface area contributed by atoms with E-state index in [0.717, 1.165) is 56.5 Å². The van der Waals surface area contributed by atoms with Gasteiger partial charge in [0.1, 0.15) is 23.5 Å². The molecule has 290 valence electrons. The highest BCUT2D eigenvalue weighted by molar-refractivity contribution is 7.52.